The first kappa shape index (κ1) is 8.63. The normalized spacial score (nSPS) is 21.2. The van der Waals surface area contributed by atoms with Gasteiger partial charge in [-0.2, -0.15) is 0 Å². The quantitative estimate of drug-likeness (QED) is 0.737. The molecule has 1 aromatic rings. The molecule has 2 N–H and O–H groups in total. The van der Waals surface area contributed by atoms with Crippen molar-refractivity contribution in [3.63, 3.8) is 0 Å². The molecule has 0 bridgehead atoms. The molecule has 13 heavy (non-hydrogen) atoms. The number of nitrogens with two attached hydrogens (primary N) is 1. The standard InChI is InChI=1S/C10H15N3/c1-7-5-13-9(6-12-7)10(3-4-10)8(2)11/h5-6,8H,3-4,11H2,1-2H3. The first-order chi connectivity index (χ1) is 6.15. The van der Waals surface area contributed by atoms with Gasteiger partial charge in [-0.1, -0.05) is 0 Å². The molecule has 0 amide bonds. The molecule has 70 valence electrons. The van der Waals surface area contributed by atoms with E-state index in [1.807, 2.05) is 19.3 Å². The smallest absolute Gasteiger partial charge is 0.0663 e. The molecule has 1 fully saturated rings. The Morgan fingerprint density at radius 2 is 2.08 bits per heavy atom. The van der Waals surface area contributed by atoms with E-state index in [1.54, 1.807) is 0 Å². The van der Waals surface area contributed by atoms with Crippen molar-refractivity contribution in [3.05, 3.63) is 23.8 Å². The Morgan fingerprint density at radius 3 is 2.46 bits per heavy atom. The summed E-state index contributed by atoms with van der Waals surface area (Å²) in [5.41, 5.74) is 8.10. The Morgan fingerprint density at radius 1 is 1.38 bits per heavy atom. The van der Waals surface area contributed by atoms with E-state index in [4.69, 9.17) is 5.73 Å². The molecule has 1 heterocycles. The number of aryl methyl sites for hydroxylation is 1. The van der Waals surface area contributed by atoms with E-state index in [0.29, 0.717) is 0 Å². The van der Waals surface area contributed by atoms with E-state index < -0.39 is 0 Å². The van der Waals surface area contributed by atoms with E-state index in [1.165, 1.54) is 0 Å². The molecular formula is C10H15N3. The van der Waals surface area contributed by atoms with Crippen LogP contribution in [0.3, 0.4) is 0 Å². The van der Waals surface area contributed by atoms with Gasteiger partial charge in [-0.3, -0.25) is 9.97 Å². The number of rotatable bonds is 2. The van der Waals surface area contributed by atoms with Gasteiger partial charge in [0.15, 0.2) is 0 Å². The van der Waals surface area contributed by atoms with Gasteiger partial charge in [-0.15, -0.1) is 0 Å². The first-order valence-electron chi connectivity index (χ1n) is 4.70. The number of hydrogen-bond acceptors (Lipinski definition) is 3. The van der Waals surface area contributed by atoms with Crippen LogP contribution in [0.15, 0.2) is 12.4 Å². The Labute approximate surface area is 78.4 Å². The van der Waals surface area contributed by atoms with E-state index in [0.717, 1.165) is 24.2 Å². The zero-order chi connectivity index (χ0) is 9.47. The van der Waals surface area contributed by atoms with Gasteiger partial charge in [0.1, 0.15) is 0 Å². The molecule has 1 aliphatic rings. The average molecular weight is 177 g/mol. The Kier molecular flexibility index (Phi) is 1.84. The van der Waals surface area contributed by atoms with Crippen molar-refractivity contribution in [1.82, 2.24) is 9.97 Å². The van der Waals surface area contributed by atoms with E-state index in [-0.39, 0.29) is 11.5 Å². The lowest BCUT2D eigenvalue weighted by Crippen LogP contribution is -2.32. The molecule has 3 nitrogen and oxygen atoms in total. The minimum absolute atomic E-state index is 0.140. The Balaban J connectivity index is 2.31. The van der Waals surface area contributed by atoms with Crippen molar-refractivity contribution < 1.29 is 0 Å². The van der Waals surface area contributed by atoms with Gasteiger partial charge < -0.3 is 5.73 Å². The third-order valence-electron chi connectivity index (χ3n) is 2.95. The Bertz CT molecular complexity index is 298. The maximum Gasteiger partial charge on any atom is 0.0663 e. The minimum Gasteiger partial charge on any atom is -0.327 e. The second kappa shape index (κ2) is 2.77. The second-order valence-electron chi connectivity index (χ2n) is 3.99. The van der Waals surface area contributed by atoms with Gasteiger partial charge in [0, 0.05) is 23.9 Å². The monoisotopic (exact) mass is 177 g/mol. The highest BCUT2D eigenvalue weighted by Crippen LogP contribution is 2.49. The summed E-state index contributed by atoms with van der Waals surface area (Å²) in [5, 5.41) is 0. The number of aromatic nitrogens is 2. The van der Waals surface area contributed by atoms with Crippen molar-refractivity contribution >= 4 is 0 Å². The Hall–Kier alpha value is -0.960. The molecule has 1 aromatic heterocycles. The second-order valence-corrected chi connectivity index (χ2v) is 3.99. The summed E-state index contributed by atoms with van der Waals surface area (Å²) in [6.07, 6.45) is 5.99. The SMILES string of the molecule is Cc1cnc(C2(C(C)N)CC2)cn1. The first-order valence-corrected chi connectivity index (χ1v) is 4.70. The molecule has 1 unspecified atom stereocenters. The van der Waals surface area contributed by atoms with Gasteiger partial charge in [-0.05, 0) is 26.7 Å². The number of hydrogen-bond donors (Lipinski definition) is 1. The fraction of sp³-hybridized carbons (Fsp3) is 0.600. The molecule has 1 aliphatic carbocycles. The molecule has 0 spiro atoms. The van der Waals surface area contributed by atoms with Crippen LogP contribution in [0.4, 0.5) is 0 Å². The lowest BCUT2D eigenvalue weighted by atomic mass is 9.95. The fourth-order valence-corrected chi connectivity index (χ4v) is 1.73. The molecule has 1 atom stereocenters. The molecule has 2 rings (SSSR count). The van der Waals surface area contributed by atoms with Gasteiger partial charge in [0.25, 0.3) is 0 Å². The molecule has 0 saturated heterocycles. The molecule has 0 radical (unpaired) electrons. The number of nitrogens with zero attached hydrogens (tertiary/aromatic N) is 2. The van der Waals surface area contributed by atoms with Crippen LogP contribution in [0, 0.1) is 6.92 Å². The highest BCUT2D eigenvalue weighted by atomic mass is 14.9. The van der Waals surface area contributed by atoms with Crippen molar-refractivity contribution in [1.29, 1.82) is 0 Å². The van der Waals surface area contributed by atoms with Gasteiger partial charge >= 0.3 is 0 Å². The van der Waals surface area contributed by atoms with Crippen LogP contribution < -0.4 is 5.73 Å². The van der Waals surface area contributed by atoms with Crippen molar-refractivity contribution in [2.45, 2.75) is 38.1 Å². The largest absolute Gasteiger partial charge is 0.327 e. The predicted octanol–water partition coefficient (Wildman–Crippen LogP) is 1.16. The van der Waals surface area contributed by atoms with Crippen molar-refractivity contribution in [2.75, 3.05) is 0 Å². The maximum absolute atomic E-state index is 5.93. The van der Waals surface area contributed by atoms with Gasteiger partial charge in [0.05, 0.1) is 11.4 Å². The van der Waals surface area contributed by atoms with Crippen LogP contribution in [-0.2, 0) is 5.41 Å². The lowest BCUT2D eigenvalue weighted by molar-refractivity contribution is 0.539. The summed E-state index contributed by atoms with van der Waals surface area (Å²) in [6.45, 7) is 4.00. The van der Waals surface area contributed by atoms with Crippen LogP contribution in [0.5, 0.6) is 0 Å². The van der Waals surface area contributed by atoms with E-state index >= 15 is 0 Å². The molecule has 3 heteroatoms. The summed E-state index contributed by atoms with van der Waals surface area (Å²) in [6, 6.07) is 0.185. The van der Waals surface area contributed by atoms with E-state index in [2.05, 4.69) is 16.9 Å². The average Bonchev–Trinajstić information content (AvgIpc) is 2.86. The summed E-state index contributed by atoms with van der Waals surface area (Å²) < 4.78 is 0. The van der Waals surface area contributed by atoms with Crippen LogP contribution in [0.2, 0.25) is 0 Å². The molecule has 0 aromatic carbocycles. The van der Waals surface area contributed by atoms with Crippen LogP contribution in [0.1, 0.15) is 31.2 Å². The summed E-state index contributed by atoms with van der Waals surface area (Å²) in [4.78, 5) is 8.64. The van der Waals surface area contributed by atoms with E-state index in [9.17, 15) is 0 Å². The van der Waals surface area contributed by atoms with Gasteiger partial charge in [0.2, 0.25) is 0 Å². The fourth-order valence-electron chi connectivity index (χ4n) is 1.73. The van der Waals surface area contributed by atoms with Crippen LogP contribution in [0.25, 0.3) is 0 Å². The molecule has 0 aliphatic heterocycles. The third-order valence-corrected chi connectivity index (χ3v) is 2.95. The van der Waals surface area contributed by atoms with Crippen LogP contribution >= 0.6 is 0 Å². The van der Waals surface area contributed by atoms with Crippen molar-refractivity contribution in [3.8, 4) is 0 Å². The van der Waals surface area contributed by atoms with Crippen molar-refractivity contribution in [2.24, 2.45) is 5.73 Å². The summed E-state index contributed by atoms with van der Waals surface area (Å²) in [5.74, 6) is 0. The van der Waals surface area contributed by atoms with Gasteiger partial charge in [-0.25, -0.2) is 0 Å². The summed E-state index contributed by atoms with van der Waals surface area (Å²) in [7, 11) is 0. The lowest BCUT2D eigenvalue weighted by Gasteiger charge is -2.18. The van der Waals surface area contributed by atoms with Crippen LogP contribution in [-0.4, -0.2) is 16.0 Å². The third kappa shape index (κ3) is 1.33. The highest BCUT2D eigenvalue weighted by molar-refractivity contribution is 5.25. The molecular weight excluding hydrogens is 162 g/mol. The zero-order valence-electron chi connectivity index (χ0n) is 8.12. The minimum atomic E-state index is 0.140. The summed E-state index contributed by atoms with van der Waals surface area (Å²) >= 11 is 0. The topological polar surface area (TPSA) is 51.8 Å². The highest BCUT2D eigenvalue weighted by Gasteiger charge is 2.48. The molecule has 1 saturated carbocycles. The predicted molar refractivity (Wildman–Crippen MR) is 51.3 cm³/mol. The zero-order valence-corrected chi connectivity index (χ0v) is 8.12. The maximum atomic E-state index is 5.93.